The number of methoxy groups -OCH3 is 1. The van der Waals surface area contributed by atoms with Gasteiger partial charge in [-0.05, 0) is 60.4 Å². The fourth-order valence-electron chi connectivity index (χ4n) is 3.20. The van der Waals surface area contributed by atoms with Gasteiger partial charge in [0, 0.05) is 18.3 Å². The maximum atomic E-state index is 12.7. The van der Waals surface area contributed by atoms with Crippen LogP contribution in [0, 0.1) is 0 Å². The minimum Gasteiger partial charge on any atom is -0.497 e. The molecule has 2 aromatic carbocycles. The normalized spacial score (nSPS) is 15.3. The lowest BCUT2D eigenvalue weighted by Crippen LogP contribution is -2.34. The smallest absolute Gasteiger partial charge is 0.250 e. The van der Waals surface area contributed by atoms with Crippen LogP contribution in [0.25, 0.3) is 6.08 Å². The van der Waals surface area contributed by atoms with Crippen LogP contribution in [0.2, 0.25) is 0 Å². The summed E-state index contributed by atoms with van der Waals surface area (Å²) in [4.78, 5) is 14.5. The van der Waals surface area contributed by atoms with Crippen LogP contribution in [0.5, 0.6) is 17.2 Å². The van der Waals surface area contributed by atoms with E-state index in [1.165, 1.54) is 0 Å². The van der Waals surface area contributed by atoms with Crippen LogP contribution >= 0.6 is 0 Å². The Labute approximate surface area is 146 Å². The molecule has 0 spiro atoms. The molecule has 128 valence electrons. The molecule has 25 heavy (non-hydrogen) atoms. The SMILES string of the molecule is COc1ccc2c(c1)CCCN2C(=O)C=Cc1ccc2c(c1)OCO2. The Hall–Kier alpha value is -2.95. The van der Waals surface area contributed by atoms with Gasteiger partial charge < -0.3 is 19.1 Å². The molecule has 2 aliphatic heterocycles. The van der Waals surface area contributed by atoms with Crippen LogP contribution in [-0.4, -0.2) is 26.4 Å². The molecule has 2 heterocycles. The lowest BCUT2D eigenvalue weighted by atomic mass is 10.0. The molecule has 2 aromatic rings. The van der Waals surface area contributed by atoms with E-state index in [9.17, 15) is 4.79 Å². The molecule has 0 saturated heterocycles. The number of carbonyl (C=O) groups excluding carboxylic acids is 1. The van der Waals surface area contributed by atoms with Crippen LogP contribution in [0.4, 0.5) is 5.69 Å². The summed E-state index contributed by atoms with van der Waals surface area (Å²) in [6, 6.07) is 11.5. The van der Waals surface area contributed by atoms with E-state index in [0.29, 0.717) is 5.75 Å². The summed E-state index contributed by atoms with van der Waals surface area (Å²) in [6.45, 7) is 0.971. The van der Waals surface area contributed by atoms with E-state index in [-0.39, 0.29) is 12.7 Å². The highest BCUT2D eigenvalue weighted by molar-refractivity contribution is 6.04. The molecule has 0 bridgehead atoms. The molecule has 0 unspecified atom stereocenters. The van der Waals surface area contributed by atoms with Crippen LogP contribution in [0.15, 0.2) is 42.5 Å². The standard InChI is InChI=1S/C20H19NO4/c1-23-16-6-7-17-15(12-16)3-2-10-21(17)20(22)9-5-14-4-8-18-19(11-14)25-13-24-18/h4-9,11-12H,2-3,10,13H2,1H3. The Balaban J connectivity index is 1.54. The van der Waals surface area contributed by atoms with E-state index >= 15 is 0 Å². The Morgan fingerprint density at radius 3 is 2.92 bits per heavy atom. The van der Waals surface area contributed by atoms with Gasteiger partial charge in [-0.15, -0.1) is 0 Å². The van der Waals surface area contributed by atoms with Gasteiger partial charge in [0.2, 0.25) is 6.79 Å². The number of anilines is 1. The fraction of sp³-hybridized carbons (Fsp3) is 0.250. The monoisotopic (exact) mass is 337 g/mol. The second-order valence-electron chi connectivity index (χ2n) is 6.03. The van der Waals surface area contributed by atoms with Gasteiger partial charge >= 0.3 is 0 Å². The first kappa shape index (κ1) is 15.6. The number of amides is 1. The van der Waals surface area contributed by atoms with E-state index in [0.717, 1.165) is 47.7 Å². The molecule has 1 amide bonds. The summed E-state index contributed by atoms with van der Waals surface area (Å²) < 4.78 is 15.9. The minimum absolute atomic E-state index is 0.0243. The van der Waals surface area contributed by atoms with Crippen molar-refractivity contribution in [3.05, 3.63) is 53.6 Å². The molecule has 0 atom stereocenters. The first-order valence-electron chi connectivity index (χ1n) is 8.31. The minimum atomic E-state index is -0.0243. The highest BCUT2D eigenvalue weighted by Gasteiger charge is 2.21. The molecule has 2 aliphatic rings. The largest absolute Gasteiger partial charge is 0.497 e. The number of nitrogens with zero attached hydrogens (tertiary/aromatic N) is 1. The van der Waals surface area contributed by atoms with Gasteiger partial charge in [0.15, 0.2) is 11.5 Å². The van der Waals surface area contributed by atoms with Crippen LogP contribution in [-0.2, 0) is 11.2 Å². The zero-order valence-corrected chi connectivity index (χ0v) is 14.0. The van der Waals surface area contributed by atoms with Crippen LogP contribution in [0.1, 0.15) is 17.5 Å². The zero-order chi connectivity index (χ0) is 17.2. The van der Waals surface area contributed by atoms with Gasteiger partial charge in [0.05, 0.1) is 7.11 Å². The van der Waals surface area contributed by atoms with Crippen molar-refractivity contribution in [1.29, 1.82) is 0 Å². The maximum absolute atomic E-state index is 12.7. The first-order valence-corrected chi connectivity index (χ1v) is 8.31. The van der Waals surface area contributed by atoms with E-state index in [4.69, 9.17) is 14.2 Å². The van der Waals surface area contributed by atoms with Crippen molar-refractivity contribution in [2.75, 3.05) is 25.3 Å². The molecular weight excluding hydrogens is 318 g/mol. The van der Waals surface area contributed by atoms with Gasteiger partial charge in [0.25, 0.3) is 5.91 Å². The van der Waals surface area contributed by atoms with Crippen molar-refractivity contribution >= 4 is 17.7 Å². The maximum Gasteiger partial charge on any atom is 0.250 e. The Morgan fingerprint density at radius 1 is 1.16 bits per heavy atom. The van der Waals surface area contributed by atoms with Crippen LogP contribution < -0.4 is 19.1 Å². The summed E-state index contributed by atoms with van der Waals surface area (Å²) >= 11 is 0. The van der Waals surface area contributed by atoms with Crippen molar-refractivity contribution in [2.24, 2.45) is 0 Å². The fourth-order valence-corrected chi connectivity index (χ4v) is 3.20. The molecule has 5 nitrogen and oxygen atoms in total. The third-order valence-electron chi connectivity index (χ3n) is 4.49. The van der Waals surface area contributed by atoms with Gasteiger partial charge in [-0.25, -0.2) is 0 Å². The van der Waals surface area contributed by atoms with E-state index in [1.807, 2.05) is 47.4 Å². The molecule has 0 aromatic heterocycles. The first-order chi connectivity index (χ1) is 12.2. The van der Waals surface area contributed by atoms with Crippen molar-refractivity contribution in [1.82, 2.24) is 0 Å². The summed E-state index contributed by atoms with van der Waals surface area (Å²) in [5, 5.41) is 0. The Kier molecular flexibility index (Phi) is 4.06. The molecular formula is C20H19NO4. The Bertz CT molecular complexity index is 844. The number of hydrogen-bond acceptors (Lipinski definition) is 4. The van der Waals surface area contributed by atoms with Crippen molar-refractivity contribution in [2.45, 2.75) is 12.8 Å². The van der Waals surface area contributed by atoms with Crippen molar-refractivity contribution in [3.8, 4) is 17.2 Å². The molecule has 0 saturated carbocycles. The summed E-state index contributed by atoms with van der Waals surface area (Å²) in [7, 11) is 1.65. The molecule has 5 heteroatoms. The average Bonchev–Trinajstić information content (AvgIpc) is 3.13. The van der Waals surface area contributed by atoms with E-state index in [1.54, 1.807) is 13.2 Å². The molecule has 0 aliphatic carbocycles. The Morgan fingerprint density at radius 2 is 2.04 bits per heavy atom. The van der Waals surface area contributed by atoms with Crippen molar-refractivity contribution < 1.29 is 19.0 Å². The van der Waals surface area contributed by atoms with Gasteiger partial charge in [-0.3, -0.25) is 4.79 Å². The number of carbonyl (C=O) groups is 1. The predicted molar refractivity (Wildman–Crippen MR) is 95.3 cm³/mol. The number of benzene rings is 2. The van der Waals surface area contributed by atoms with Crippen LogP contribution in [0.3, 0.4) is 0 Å². The van der Waals surface area contributed by atoms with Crippen molar-refractivity contribution in [3.63, 3.8) is 0 Å². The lowest BCUT2D eigenvalue weighted by Gasteiger charge is -2.29. The average molecular weight is 337 g/mol. The third-order valence-corrected chi connectivity index (χ3v) is 4.49. The number of ether oxygens (including phenoxy) is 3. The highest BCUT2D eigenvalue weighted by Crippen LogP contribution is 2.33. The number of hydrogen-bond donors (Lipinski definition) is 0. The second kappa shape index (κ2) is 6.51. The topological polar surface area (TPSA) is 48.0 Å². The number of rotatable bonds is 3. The second-order valence-corrected chi connectivity index (χ2v) is 6.03. The lowest BCUT2D eigenvalue weighted by molar-refractivity contribution is -0.114. The molecule has 4 rings (SSSR count). The number of aryl methyl sites for hydroxylation is 1. The third kappa shape index (κ3) is 3.05. The predicted octanol–water partition coefficient (Wildman–Crippen LogP) is 3.42. The van der Waals surface area contributed by atoms with Gasteiger partial charge in [-0.2, -0.15) is 0 Å². The van der Waals surface area contributed by atoms with Gasteiger partial charge in [0.1, 0.15) is 5.75 Å². The summed E-state index contributed by atoms with van der Waals surface area (Å²) in [6.07, 6.45) is 5.32. The van der Waals surface area contributed by atoms with Gasteiger partial charge in [-0.1, -0.05) is 6.07 Å². The molecule has 0 radical (unpaired) electrons. The molecule has 0 fully saturated rings. The highest BCUT2D eigenvalue weighted by atomic mass is 16.7. The summed E-state index contributed by atoms with van der Waals surface area (Å²) in [5.74, 6) is 2.25. The molecule has 0 N–H and O–H groups in total. The van der Waals surface area contributed by atoms with E-state index in [2.05, 4.69) is 0 Å². The van der Waals surface area contributed by atoms with E-state index < -0.39 is 0 Å². The zero-order valence-electron chi connectivity index (χ0n) is 14.0. The summed E-state index contributed by atoms with van der Waals surface area (Å²) in [5.41, 5.74) is 3.02. The number of fused-ring (bicyclic) bond motifs is 2. The quantitative estimate of drug-likeness (QED) is 0.805.